The number of hydrogen-bond acceptors (Lipinski definition) is 4. The number of imidazole rings is 1. The van der Waals surface area contributed by atoms with Gasteiger partial charge in [0, 0.05) is 23.5 Å². The molecule has 0 bridgehead atoms. The molecular formula is C14H18N4OS. The summed E-state index contributed by atoms with van der Waals surface area (Å²) in [7, 11) is 0. The Morgan fingerprint density at radius 2 is 2.40 bits per heavy atom. The molecule has 1 fully saturated rings. The molecule has 2 aromatic rings. The number of hydrogen-bond donors (Lipinski definition) is 1. The number of amides is 1. The molecule has 1 aliphatic carbocycles. The minimum atomic E-state index is 0.0846. The van der Waals surface area contributed by atoms with Gasteiger partial charge in [0.15, 0.2) is 0 Å². The van der Waals surface area contributed by atoms with E-state index < -0.39 is 0 Å². The van der Waals surface area contributed by atoms with Crippen molar-refractivity contribution in [1.29, 1.82) is 0 Å². The first-order chi connectivity index (χ1) is 9.74. The molecule has 0 spiro atoms. The lowest BCUT2D eigenvalue weighted by atomic mass is 10.2. The highest BCUT2D eigenvalue weighted by Crippen LogP contribution is 2.35. The van der Waals surface area contributed by atoms with Crippen molar-refractivity contribution in [3.63, 3.8) is 0 Å². The van der Waals surface area contributed by atoms with E-state index in [1.807, 2.05) is 25.0 Å². The highest BCUT2D eigenvalue weighted by molar-refractivity contribution is 7.09. The van der Waals surface area contributed by atoms with Crippen molar-refractivity contribution in [1.82, 2.24) is 19.9 Å². The van der Waals surface area contributed by atoms with Crippen LogP contribution in [0.3, 0.4) is 0 Å². The highest BCUT2D eigenvalue weighted by Gasteiger charge is 2.25. The first-order valence-electron chi connectivity index (χ1n) is 6.90. The maximum Gasteiger partial charge on any atom is 0.220 e. The molecule has 1 N–H and O–H groups in total. The van der Waals surface area contributed by atoms with Gasteiger partial charge in [-0.1, -0.05) is 0 Å². The Balaban J connectivity index is 1.47. The molecule has 3 rings (SSSR count). The van der Waals surface area contributed by atoms with Crippen LogP contribution < -0.4 is 5.32 Å². The molecule has 0 aliphatic heterocycles. The first-order valence-corrected chi connectivity index (χ1v) is 7.78. The monoisotopic (exact) mass is 290 g/mol. The van der Waals surface area contributed by atoms with Gasteiger partial charge in [0.05, 0.1) is 29.8 Å². The van der Waals surface area contributed by atoms with Gasteiger partial charge in [-0.2, -0.15) is 0 Å². The standard InChI is InChI=1S/C14H18N4OS/c1-10-13(20-9-17-10)4-5-14(19)16-7-12-6-15-8-18(12)11-2-3-11/h6,8-9,11H,2-5,7H2,1H3,(H,16,19). The van der Waals surface area contributed by atoms with Crippen LogP contribution in [0.2, 0.25) is 0 Å². The van der Waals surface area contributed by atoms with Gasteiger partial charge in [-0.3, -0.25) is 4.79 Å². The van der Waals surface area contributed by atoms with Crippen molar-refractivity contribution in [2.24, 2.45) is 0 Å². The van der Waals surface area contributed by atoms with Crippen LogP contribution in [-0.4, -0.2) is 20.4 Å². The second kappa shape index (κ2) is 5.75. The predicted octanol–water partition coefficient (Wildman–Crippen LogP) is 2.23. The van der Waals surface area contributed by atoms with Gasteiger partial charge in [-0.15, -0.1) is 11.3 Å². The fourth-order valence-corrected chi connectivity index (χ4v) is 3.00. The zero-order chi connectivity index (χ0) is 13.9. The maximum absolute atomic E-state index is 11.9. The molecule has 5 nitrogen and oxygen atoms in total. The molecule has 0 radical (unpaired) electrons. The second-order valence-electron chi connectivity index (χ2n) is 5.16. The summed E-state index contributed by atoms with van der Waals surface area (Å²) in [4.78, 5) is 21.4. The molecule has 0 unspecified atom stereocenters. The number of nitrogens with zero attached hydrogens (tertiary/aromatic N) is 3. The van der Waals surface area contributed by atoms with Crippen LogP contribution in [0.5, 0.6) is 0 Å². The largest absolute Gasteiger partial charge is 0.350 e. The summed E-state index contributed by atoms with van der Waals surface area (Å²) in [5.41, 5.74) is 3.96. The van der Waals surface area contributed by atoms with Crippen molar-refractivity contribution in [2.45, 2.75) is 45.2 Å². The average molecular weight is 290 g/mol. The van der Waals surface area contributed by atoms with Gasteiger partial charge in [0.25, 0.3) is 0 Å². The SMILES string of the molecule is Cc1ncsc1CCC(=O)NCc1cncn1C1CC1. The normalized spacial score (nSPS) is 14.4. The van der Waals surface area contributed by atoms with Crippen LogP contribution in [-0.2, 0) is 17.8 Å². The van der Waals surface area contributed by atoms with Gasteiger partial charge in [0.2, 0.25) is 5.91 Å². The molecule has 106 valence electrons. The molecule has 2 aromatic heterocycles. The molecular weight excluding hydrogens is 272 g/mol. The first kappa shape index (κ1) is 13.3. The van der Waals surface area contributed by atoms with Crippen molar-refractivity contribution < 1.29 is 4.79 Å². The fourth-order valence-electron chi connectivity index (χ4n) is 2.22. The van der Waals surface area contributed by atoms with Crippen molar-refractivity contribution >= 4 is 17.2 Å². The number of thiazole rings is 1. The highest BCUT2D eigenvalue weighted by atomic mass is 32.1. The number of rotatable bonds is 6. The van der Waals surface area contributed by atoms with Crippen LogP contribution in [0.15, 0.2) is 18.0 Å². The molecule has 6 heteroatoms. The number of aromatic nitrogens is 3. The van der Waals surface area contributed by atoms with E-state index >= 15 is 0 Å². The minimum absolute atomic E-state index is 0.0846. The zero-order valence-electron chi connectivity index (χ0n) is 11.5. The summed E-state index contributed by atoms with van der Waals surface area (Å²) in [6.07, 6.45) is 7.43. The zero-order valence-corrected chi connectivity index (χ0v) is 12.3. The second-order valence-corrected chi connectivity index (χ2v) is 6.10. The third kappa shape index (κ3) is 3.07. The third-order valence-corrected chi connectivity index (χ3v) is 4.57. The summed E-state index contributed by atoms with van der Waals surface area (Å²) in [6, 6.07) is 0.601. The molecule has 1 aliphatic rings. The van der Waals surface area contributed by atoms with Crippen molar-refractivity contribution in [3.8, 4) is 0 Å². The van der Waals surface area contributed by atoms with Gasteiger partial charge in [-0.05, 0) is 26.2 Å². The maximum atomic E-state index is 11.9. The molecule has 1 amide bonds. The van der Waals surface area contributed by atoms with Crippen LogP contribution in [0.4, 0.5) is 0 Å². The molecule has 0 saturated heterocycles. The van der Waals surface area contributed by atoms with Crippen molar-refractivity contribution in [3.05, 3.63) is 34.3 Å². The molecule has 0 aromatic carbocycles. The van der Waals surface area contributed by atoms with Crippen molar-refractivity contribution in [2.75, 3.05) is 0 Å². The average Bonchev–Trinajstić information content (AvgIpc) is 3.04. The lowest BCUT2D eigenvalue weighted by Gasteiger charge is -2.08. The van der Waals surface area contributed by atoms with E-state index in [0.29, 0.717) is 19.0 Å². The molecule has 2 heterocycles. The number of nitrogens with one attached hydrogen (secondary N) is 1. The Bertz CT molecular complexity index is 600. The van der Waals surface area contributed by atoms with Gasteiger partial charge in [-0.25, -0.2) is 9.97 Å². The molecule has 1 saturated carbocycles. The van der Waals surface area contributed by atoms with Crippen LogP contribution >= 0.6 is 11.3 Å². The third-order valence-electron chi connectivity index (χ3n) is 3.58. The predicted molar refractivity (Wildman–Crippen MR) is 77.5 cm³/mol. The lowest BCUT2D eigenvalue weighted by molar-refractivity contribution is -0.121. The van der Waals surface area contributed by atoms with E-state index in [9.17, 15) is 4.79 Å². The van der Waals surface area contributed by atoms with Gasteiger partial charge in [0.1, 0.15) is 0 Å². The lowest BCUT2D eigenvalue weighted by Crippen LogP contribution is -2.24. The Kier molecular flexibility index (Phi) is 3.82. The Morgan fingerprint density at radius 1 is 1.55 bits per heavy atom. The quantitative estimate of drug-likeness (QED) is 0.887. The molecule has 20 heavy (non-hydrogen) atoms. The summed E-state index contributed by atoms with van der Waals surface area (Å²) in [6.45, 7) is 2.55. The van der Waals surface area contributed by atoms with E-state index in [4.69, 9.17) is 0 Å². The van der Waals surface area contributed by atoms with Gasteiger partial charge < -0.3 is 9.88 Å². The Morgan fingerprint density at radius 3 is 3.10 bits per heavy atom. The smallest absolute Gasteiger partial charge is 0.220 e. The summed E-state index contributed by atoms with van der Waals surface area (Å²) < 4.78 is 2.17. The molecule has 0 atom stereocenters. The van der Waals surface area contributed by atoms with Crippen LogP contribution in [0.25, 0.3) is 0 Å². The minimum Gasteiger partial charge on any atom is -0.350 e. The topological polar surface area (TPSA) is 59.8 Å². The van der Waals surface area contributed by atoms with E-state index in [1.165, 1.54) is 17.7 Å². The van der Waals surface area contributed by atoms with Crippen LogP contribution in [0.1, 0.15) is 41.6 Å². The van der Waals surface area contributed by atoms with Crippen LogP contribution in [0, 0.1) is 6.92 Å². The number of aryl methyl sites for hydroxylation is 2. The fraction of sp³-hybridized carbons (Fsp3) is 0.500. The van der Waals surface area contributed by atoms with Gasteiger partial charge >= 0.3 is 0 Å². The van der Waals surface area contributed by atoms with E-state index in [-0.39, 0.29) is 5.91 Å². The summed E-state index contributed by atoms with van der Waals surface area (Å²) >= 11 is 1.62. The summed E-state index contributed by atoms with van der Waals surface area (Å²) in [5.74, 6) is 0.0846. The van der Waals surface area contributed by atoms with E-state index in [2.05, 4.69) is 19.9 Å². The Hall–Kier alpha value is -1.69. The number of carbonyl (C=O) groups excluding carboxylic acids is 1. The summed E-state index contributed by atoms with van der Waals surface area (Å²) in [5, 5.41) is 2.97. The van der Waals surface area contributed by atoms with E-state index in [0.717, 1.165) is 17.8 Å². The number of carbonyl (C=O) groups is 1. The Labute approximate surface area is 122 Å². The van der Waals surface area contributed by atoms with E-state index in [1.54, 1.807) is 11.3 Å².